The summed E-state index contributed by atoms with van der Waals surface area (Å²) in [6.45, 7) is 8.24. The highest BCUT2D eigenvalue weighted by Gasteiger charge is 2.17. The van der Waals surface area contributed by atoms with Crippen LogP contribution in [0.25, 0.3) is 0 Å². The summed E-state index contributed by atoms with van der Waals surface area (Å²) in [5.41, 5.74) is 1.44. The summed E-state index contributed by atoms with van der Waals surface area (Å²) in [5, 5.41) is 3.46. The molecular weight excluding hydrogens is 208 g/mol. The van der Waals surface area contributed by atoms with Gasteiger partial charge in [0.05, 0.1) is 0 Å². The van der Waals surface area contributed by atoms with Gasteiger partial charge < -0.3 is 5.32 Å². The lowest BCUT2D eigenvalue weighted by Crippen LogP contribution is -2.30. The van der Waals surface area contributed by atoms with Gasteiger partial charge in [0.2, 0.25) is 0 Å². The van der Waals surface area contributed by atoms with Gasteiger partial charge in [-0.2, -0.15) is 0 Å². The van der Waals surface area contributed by atoms with Crippen molar-refractivity contribution in [2.45, 2.75) is 26.3 Å². The van der Waals surface area contributed by atoms with Gasteiger partial charge in [0.25, 0.3) is 0 Å². The average Bonchev–Trinajstić information content (AvgIpc) is 2.83. The van der Waals surface area contributed by atoms with Crippen LogP contribution in [-0.2, 0) is 6.54 Å². The molecule has 1 N–H and O–H groups in total. The molecule has 17 heavy (non-hydrogen) atoms. The lowest BCUT2D eigenvalue weighted by Gasteiger charge is -2.24. The first-order valence-electron chi connectivity index (χ1n) is 6.85. The zero-order valence-electron chi connectivity index (χ0n) is 10.9. The fourth-order valence-corrected chi connectivity index (χ4v) is 2.63. The average molecular weight is 232 g/mol. The summed E-state index contributed by atoms with van der Waals surface area (Å²) in [5.74, 6) is 0.852. The van der Waals surface area contributed by atoms with Crippen LogP contribution in [0.2, 0.25) is 0 Å². The predicted molar refractivity (Wildman–Crippen MR) is 73.0 cm³/mol. The highest BCUT2D eigenvalue weighted by molar-refractivity contribution is 5.14. The van der Waals surface area contributed by atoms with Gasteiger partial charge in [0.1, 0.15) is 0 Å². The van der Waals surface area contributed by atoms with Crippen molar-refractivity contribution in [3.05, 3.63) is 35.9 Å². The van der Waals surface area contributed by atoms with E-state index in [2.05, 4.69) is 47.5 Å². The molecule has 0 spiro atoms. The first-order chi connectivity index (χ1) is 8.38. The van der Waals surface area contributed by atoms with Gasteiger partial charge in [0.15, 0.2) is 0 Å². The van der Waals surface area contributed by atoms with Gasteiger partial charge in [-0.3, -0.25) is 4.90 Å². The van der Waals surface area contributed by atoms with E-state index < -0.39 is 0 Å². The molecule has 0 bridgehead atoms. The summed E-state index contributed by atoms with van der Waals surface area (Å²) in [4.78, 5) is 2.60. The maximum atomic E-state index is 3.46. The fourth-order valence-electron chi connectivity index (χ4n) is 2.63. The Balaban J connectivity index is 1.87. The fraction of sp³-hybridized carbons (Fsp3) is 0.600. The SMILES string of the molecule is CCCN(Cc1ccccc1)CC1CCNC1. The third-order valence-corrected chi connectivity index (χ3v) is 3.47. The lowest BCUT2D eigenvalue weighted by molar-refractivity contribution is 0.229. The molecule has 0 saturated carbocycles. The van der Waals surface area contributed by atoms with Crippen LogP contribution in [0.15, 0.2) is 30.3 Å². The summed E-state index contributed by atoms with van der Waals surface area (Å²) < 4.78 is 0. The van der Waals surface area contributed by atoms with E-state index in [1.807, 2.05) is 0 Å². The molecule has 2 heteroatoms. The molecule has 1 fully saturated rings. The lowest BCUT2D eigenvalue weighted by atomic mass is 10.1. The Labute approximate surface area is 105 Å². The van der Waals surface area contributed by atoms with Crippen LogP contribution < -0.4 is 5.32 Å². The Bertz CT molecular complexity index is 304. The predicted octanol–water partition coefficient (Wildman–Crippen LogP) is 2.51. The molecule has 1 atom stereocenters. The molecule has 1 heterocycles. The molecule has 1 aromatic rings. The van der Waals surface area contributed by atoms with Crippen LogP contribution in [0.5, 0.6) is 0 Å². The minimum atomic E-state index is 0.852. The van der Waals surface area contributed by atoms with Crippen molar-refractivity contribution >= 4 is 0 Å². The highest BCUT2D eigenvalue weighted by Crippen LogP contribution is 2.13. The standard InChI is InChI=1S/C15H24N2/c1-2-10-17(13-15-8-9-16-11-15)12-14-6-4-3-5-7-14/h3-7,15-16H,2,8-13H2,1H3. The minimum Gasteiger partial charge on any atom is -0.316 e. The second-order valence-electron chi connectivity index (χ2n) is 5.08. The largest absolute Gasteiger partial charge is 0.316 e. The quantitative estimate of drug-likeness (QED) is 0.810. The summed E-state index contributed by atoms with van der Waals surface area (Å²) in [6.07, 6.45) is 2.59. The van der Waals surface area contributed by atoms with Gasteiger partial charge in [-0.05, 0) is 44.0 Å². The molecule has 2 nitrogen and oxygen atoms in total. The zero-order valence-corrected chi connectivity index (χ0v) is 10.9. The molecule has 0 aromatic heterocycles. The van der Waals surface area contributed by atoms with E-state index in [1.165, 1.54) is 44.6 Å². The van der Waals surface area contributed by atoms with Gasteiger partial charge in [0, 0.05) is 13.1 Å². The Hall–Kier alpha value is -0.860. The minimum absolute atomic E-state index is 0.852. The van der Waals surface area contributed by atoms with Crippen molar-refractivity contribution in [2.75, 3.05) is 26.2 Å². The number of nitrogens with zero attached hydrogens (tertiary/aromatic N) is 1. The van der Waals surface area contributed by atoms with Crippen LogP contribution in [0.1, 0.15) is 25.3 Å². The van der Waals surface area contributed by atoms with Crippen molar-refractivity contribution in [2.24, 2.45) is 5.92 Å². The second-order valence-corrected chi connectivity index (χ2v) is 5.08. The van der Waals surface area contributed by atoms with Crippen LogP contribution in [0, 0.1) is 5.92 Å². The van der Waals surface area contributed by atoms with Crippen LogP contribution in [0.4, 0.5) is 0 Å². The van der Waals surface area contributed by atoms with E-state index in [0.717, 1.165) is 12.5 Å². The van der Waals surface area contributed by atoms with E-state index in [1.54, 1.807) is 0 Å². The molecule has 0 radical (unpaired) electrons. The van der Waals surface area contributed by atoms with Crippen LogP contribution in [0.3, 0.4) is 0 Å². The van der Waals surface area contributed by atoms with E-state index >= 15 is 0 Å². The number of hydrogen-bond acceptors (Lipinski definition) is 2. The third-order valence-electron chi connectivity index (χ3n) is 3.47. The summed E-state index contributed by atoms with van der Waals surface area (Å²) >= 11 is 0. The van der Waals surface area contributed by atoms with Crippen LogP contribution >= 0.6 is 0 Å². The van der Waals surface area contributed by atoms with E-state index in [9.17, 15) is 0 Å². The van der Waals surface area contributed by atoms with Crippen LogP contribution in [-0.4, -0.2) is 31.1 Å². The number of nitrogens with one attached hydrogen (secondary N) is 1. The zero-order chi connectivity index (χ0) is 11.9. The third kappa shape index (κ3) is 4.14. The van der Waals surface area contributed by atoms with E-state index in [0.29, 0.717) is 0 Å². The van der Waals surface area contributed by atoms with Gasteiger partial charge in [-0.15, -0.1) is 0 Å². The first kappa shape index (κ1) is 12.6. The van der Waals surface area contributed by atoms with Crippen molar-refractivity contribution in [3.63, 3.8) is 0 Å². The molecule has 94 valence electrons. The van der Waals surface area contributed by atoms with Gasteiger partial charge >= 0.3 is 0 Å². The maximum Gasteiger partial charge on any atom is 0.0233 e. The second kappa shape index (κ2) is 6.77. The molecule has 0 aliphatic carbocycles. The van der Waals surface area contributed by atoms with Crippen molar-refractivity contribution in [1.82, 2.24) is 10.2 Å². The van der Waals surface area contributed by atoms with Gasteiger partial charge in [-0.25, -0.2) is 0 Å². The highest BCUT2D eigenvalue weighted by atomic mass is 15.1. The molecule has 1 aromatic carbocycles. The molecule has 1 aliphatic rings. The summed E-state index contributed by atoms with van der Waals surface area (Å²) in [7, 11) is 0. The first-order valence-corrected chi connectivity index (χ1v) is 6.85. The van der Waals surface area contributed by atoms with E-state index in [4.69, 9.17) is 0 Å². The maximum absolute atomic E-state index is 3.46. The molecule has 2 rings (SSSR count). The monoisotopic (exact) mass is 232 g/mol. The summed E-state index contributed by atoms with van der Waals surface area (Å²) in [6, 6.07) is 10.8. The Morgan fingerprint density at radius 1 is 1.29 bits per heavy atom. The smallest absolute Gasteiger partial charge is 0.0233 e. The van der Waals surface area contributed by atoms with Crippen molar-refractivity contribution in [1.29, 1.82) is 0 Å². The van der Waals surface area contributed by atoms with E-state index in [-0.39, 0.29) is 0 Å². The normalized spacial score (nSPS) is 20.0. The molecular formula is C15H24N2. The Morgan fingerprint density at radius 3 is 2.76 bits per heavy atom. The number of hydrogen-bond donors (Lipinski definition) is 1. The Kier molecular flexibility index (Phi) is 5.02. The molecule has 0 amide bonds. The topological polar surface area (TPSA) is 15.3 Å². The Morgan fingerprint density at radius 2 is 2.12 bits per heavy atom. The number of rotatable bonds is 6. The molecule has 1 aliphatic heterocycles. The van der Waals surface area contributed by atoms with Crippen molar-refractivity contribution < 1.29 is 0 Å². The van der Waals surface area contributed by atoms with Crippen molar-refractivity contribution in [3.8, 4) is 0 Å². The molecule has 1 unspecified atom stereocenters. The molecule has 1 saturated heterocycles. The number of benzene rings is 1. The van der Waals surface area contributed by atoms with Gasteiger partial charge in [-0.1, -0.05) is 37.3 Å².